The van der Waals surface area contributed by atoms with E-state index >= 15 is 0 Å². The highest BCUT2D eigenvalue weighted by Crippen LogP contribution is 2.56. The van der Waals surface area contributed by atoms with Crippen LogP contribution in [0.4, 0.5) is 0 Å². The zero-order valence-corrected chi connectivity index (χ0v) is 10.9. The average molecular weight is 246 g/mol. The molecule has 0 radical (unpaired) electrons. The maximum Gasteiger partial charge on any atom is 0.242 e. The van der Waals surface area contributed by atoms with Crippen LogP contribution in [0.25, 0.3) is 0 Å². The Morgan fingerprint density at radius 1 is 1.56 bits per heavy atom. The molecule has 1 saturated carbocycles. The second-order valence-corrected chi connectivity index (χ2v) is 5.09. The molecule has 4 nitrogen and oxygen atoms in total. The van der Waals surface area contributed by atoms with Gasteiger partial charge in [0.05, 0.1) is 11.5 Å². The third-order valence-corrected chi connectivity index (χ3v) is 3.34. The maximum absolute atomic E-state index is 10.7. The molecule has 1 aliphatic carbocycles. The minimum atomic E-state index is -1.34. The first kappa shape index (κ1) is 14.3. The highest BCUT2D eigenvalue weighted by atomic mass is 16.3. The summed E-state index contributed by atoms with van der Waals surface area (Å²) in [5.41, 5.74) is 3.40. The molecule has 3 N–H and O–H groups in total. The number of carbonyl (C=O) groups is 1. The van der Waals surface area contributed by atoms with Crippen molar-refractivity contribution in [1.82, 2.24) is 0 Å². The van der Waals surface area contributed by atoms with Crippen LogP contribution in [0.1, 0.15) is 33.6 Å². The number of carbonyl (C=O) groups excluding carboxylic acids is 1. The van der Waals surface area contributed by atoms with Crippen molar-refractivity contribution in [1.29, 1.82) is 5.26 Å². The first-order valence-electron chi connectivity index (χ1n) is 5.92. The molecule has 1 fully saturated rings. The minimum absolute atomic E-state index is 0.159. The number of amides is 1. The number of nitriles is 1. The third-order valence-electron chi connectivity index (χ3n) is 3.34. The van der Waals surface area contributed by atoms with E-state index in [-0.39, 0.29) is 5.92 Å². The molecule has 1 rings (SSSR count). The van der Waals surface area contributed by atoms with Crippen LogP contribution in [0.2, 0.25) is 0 Å². The third kappa shape index (κ3) is 2.55. The van der Waals surface area contributed by atoms with E-state index in [4.69, 9.17) is 5.73 Å². The summed E-state index contributed by atoms with van der Waals surface area (Å²) in [5, 5.41) is 19.8. The van der Waals surface area contributed by atoms with E-state index in [1.54, 1.807) is 6.92 Å². The van der Waals surface area contributed by atoms with Gasteiger partial charge in [-0.15, -0.1) is 0 Å². The Hall–Kier alpha value is -1.78. The highest BCUT2D eigenvalue weighted by Gasteiger charge is 2.60. The molecule has 0 heterocycles. The van der Waals surface area contributed by atoms with Gasteiger partial charge in [0.25, 0.3) is 0 Å². The average Bonchev–Trinajstić information content (AvgIpc) is 3.05. The lowest BCUT2D eigenvalue weighted by atomic mass is 9.77. The summed E-state index contributed by atoms with van der Waals surface area (Å²) in [6.45, 7) is 5.31. The lowest BCUT2D eigenvalue weighted by molar-refractivity contribution is -0.113. The first-order valence-corrected chi connectivity index (χ1v) is 5.92. The van der Waals surface area contributed by atoms with Crippen molar-refractivity contribution in [3.8, 4) is 17.9 Å². The van der Waals surface area contributed by atoms with Gasteiger partial charge >= 0.3 is 0 Å². The molecule has 1 atom stereocenters. The van der Waals surface area contributed by atoms with Crippen molar-refractivity contribution >= 4 is 5.91 Å². The first-order chi connectivity index (χ1) is 8.27. The second kappa shape index (κ2) is 4.84. The quantitative estimate of drug-likeness (QED) is 0.577. The molecule has 18 heavy (non-hydrogen) atoms. The van der Waals surface area contributed by atoms with E-state index in [1.165, 1.54) is 6.08 Å². The van der Waals surface area contributed by atoms with Crippen LogP contribution in [0, 0.1) is 34.5 Å². The van der Waals surface area contributed by atoms with E-state index in [1.807, 2.05) is 13.8 Å². The summed E-state index contributed by atoms with van der Waals surface area (Å²) >= 11 is 0. The summed E-state index contributed by atoms with van der Waals surface area (Å²) in [7, 11) is 0. The summed E-state index contributed by atoms with van der Waals surface area (Å²) in [6.07, 6.45) is 2.52. The fraction of sp³-hybridized carbons (Fsp3) is 0.571. The topological polar surface area (TPSA) is 87.1 Å². The molecular weight excluding hydrogens is 228 g/mol. The molecule has 0 spiro atoms. The van der Waals surface area contributed by atoms with Crippen LogP contribution in [-0.4, -0.2) is 16.6 Å². The summed E-state index contributed by atoms with van der Waals surface area (Å²) in [6, 6.07) is 2.18. The predicted octanol–water partition coefficient (Wildman–Crippen LogP) is 1.11. The summed E-state index contributed by atoms with van der Waals surface area (Å²) < 4.78 is 0. The zero-order valence-electron chi connectivity index (χ0n) is 10.9. The summed E-state index contributed by atoms with van der Waals surface area (Å²) in [5.74, 6) is 4.76. The van der Waals surface area contributed by atoms with E-state index in [2.05, 4.69) is 17.9 Å². The minimum Gasteiger partial charge on any atom is -0.376 e. The van der Waals surface area contributed by atoms with Gasteiger partial charge in [0.1, 0.15) is 5.60 Å². The number of nitrogens with zero attached hydrogens (tertiary/aromatic N) is 1. The van der Waals surface area contributed by atoms with Crippen LogP contribution < -0.4 is 5.73 Å². The molecule has 4 heteroatoms. The van der Waals surface area contributed by atoms with Crippen LogP contribution >= 0.6 is 0 Å². The van der Waals surface area contributed by atoms with Crippen molar-refractivity contribution in [2.45, 2.75) is 39.2 Å². The smallest absolute Gasteiger partial charge is 0.242 e. The number of allylic oxidation sites excluding steroid dienone is 1. The van der Waals surface area contributed by atoms with Gasteiger partial charge in [-0.3, -0.25) is 4.79 Å². The molecule has 0 saturated heterocycles. The molecule has 0 unspecified atom stereocenters. The van der Waals surface area contributed by atoms with Gasteiger partial charge in [-0.05, 0) is 25.7 Å². The Kier molecular flexibility index (Phi) is 3.84. The monoisotopic (exact) mass is 246 g/mol. The SMILES string of the molecule is C/C(C#C[C@@](O)(C(C)C)C1(C#N)CC1)=C\C(N)=O. The molecule has 0 bridgehead atoms. The van der Waals surface area contributed by atoms with E-state index in [0.29, 0.717) is 18.4 Å². The van der Waals surface area contributed by atoms with E-state index in [9.17, 15) is 15.2 Å². The van der Waals surface area contributed by atoms with Gasteiger partial charge in [-0.1, -0.05) is 25.7 Å². The summed E-state index contributed by atoms with van der Waals surface area (Å²) in [4.78, 5) is 10.7. The molecule has 1 aliphatic rings. The molecule has 0 aromatic rings. The Balaban J connectivity index is 3.08. The molecule has 0 aromatic heterocycles. The zero-order chi connectivity index (χ0) is 14.0. The number of primary amides is 1. The van der Waals surface area contributed by atoms with Crippen molar-refractivity contribution in [3.63, 3.8) is 0 Å². The highest BCUT2D eigenvalue weighted by molar-refractivity contribution is 5.87. The van der Waals surface area contributed by atoms with Gasteiger partial charge in [-0.2, -0.15) is 5.26 Å². The molecule has 0 aliphatic heterocycles. The van der Waals surface area contributed by atoms with Gasteiger partial charge in [-0.25, -0.2) is 0 Å². The normalized spacial score (nSPS) is 20.3. The van der Waals surface area contributed by atoms with Gasteiger partial charge in [0.2, 0.25) is 5.91 Å². The van der Waals surface area contributed by atoms with Crippen molar-refractivity contribution in [2.75, 3.05) is 0 Å². The Bertz CT molecular complexity index is 484. The van der Waals surface area contributed by atoms with Crippen molar-refractivity contribution in [2.24, 2.45) is 17.1 Å². The van der Waals surface area contributed by atoms with E-state index in [0.717, 1.165) is 0 Å². The van der Waals surface area contributed by atoms with Crippen molar-refractivity contribution in [3.05, 3.63) is 11.6 Å². The number of nitrogens with two attached hydrogens (primary N) is 1. The number of hydrogen-bond donors (Lipinski definition) is 2. The molecule has 96 valence electrons. The maximum atomic E-state index is 10.7. The number of rotatable bonds is 3. The lowest BCUT2D eigenvalue weighted by Crippen LogP contribution is -2.42. The molecule has 1 amide bonds. The Morgan fingerprint density at radius 2 is 2.11 bits per heavy atom. The number of hydrogen-bond acceptors (Lipinski definition) is 3. The number of aliphatic hydroxyl groups is 1. The van der Waals surface area contributed by atoms with Crippen LogP contribution in [0.3, 0.4) is 0 Å². The van der Waals surface area contributed by atoms with Gasteiger partial charge in [0, 0.05) is 11.6 Å². The second-order valence-electron chi connectivity index (χ2n) is 5.09. The molecular formula is C14H18N2O2. The largest absolute Gasteiger partial charge is 0.376 e. The van der Waals surface area contributed by atoms with Gasteiger partial charge < -0.3 is 10.8 Å². The van der Waals surface area contributed by atoms with E-state index < -0.39 is 16.9 Å². The fourth-order valence-corrected chi connectivity index (χ4v) is 1.96. The molecule has 0 aromatic carbocycles. The van der Waals surface area contributed by atoms with Crippen LogP contribution in [0.5, 0.6) is 0 Å². The van der Waals surface area contributed by atoms with Crippen molar-refractivity contribution < 1.29 is 9.90 Å². The van der Waals surface area contributed by atoms with Crippen LogP contribution in [-0.2, 0) is 4.79 Å². The lowest BCUT2D eigenvalue weighted by Gasteiger charge is -2.31. The Labute approximate surface area is 107 Å². The van der Waals surface area contributed by atoms with Gasteiger partial charge in [0.15, 0.2) is 0 Å². The van der Waals surface area contributed by atoms with Crippen LogP contribution in [0.15, 0.2) is 11.6 Å². The fourth-order valence-electron chi connectivity index (χ4n) is 1.96. The Morgan fingerprint density at radius 3 is 2.44 bits per heavy atom. The standard InChI is InChI=1S/C14H18N2O2/c1-10(2)14(18,13(9-15)6-7-13)5-4-11(3)8-12(16)17/h8,10,18H,6-7H2,1-3H3,(H2,16,17)/b11-8+/t14-/m1/s1. The predicted molar refractivity (Wildman–Crippen MR) is 67.8 cm³/mol.